The number of benzene rings is 1. The minimum Gasteiger partial charge on any atom is -0.368 e. The predicted molar refractivity (Wildman–Crippen MR) is 82.2 cm³/mol. The Kier molecular flexibility index (Phi) is 3.69. The Morgan fingerprint density at radius 2 is 2.00 bits per heavy atom. The number of hydrogen-bond donors (Lipinski definition) is 0. The van der Waals surface area contributed by atoms with Crippen molar-refractivity contribution in [2.24, 2.45) is 0 Å². The summed E-state index contributed by atoms with van der Waals surface area (Å²) in [5, 5.41) is 9.22. The van der Waals surface area contributed by atoms with Crippen LogP contribution in [0.1, 0.15) is 12.0 Å². The van der Waals surface area contributed by atoms with Crippen molar-refractivity contribution in [1.29, 1.82) is 5.26 Å². The van der Waals surface area contributed by atoms with Gasteiger partial charge in [-0.05, 0) is 24.6 Å². The molecule has 3 rings (SSSR count). The molecule has 5 nitrogen and oxygen atoms in total. The van der Waals surface area contributed by atoms with E-state index in [4.69, 9.17) is 0 Å². The zero-order valence-corrected chi connectivity index (χ0v) is 12.0. The van der Waals surface area contributed by atoms with Crippen molar-refractivity contribution in [2.45, 2.75) is 12.5 Å². The van der Waals surface area contributed by atoms with E-state index in [1.165, 1.54) is 0 Å². The van der Waals surface area contributed by atoms with Gasteiger partial charge in [-0.2, -0.15) is 5.26 Å². The fourth-order valence-corrected chi connectivity index (χ4v) is 2.76. The molecule has 106 valence electrons. The monoisotopic (exact) mass is 279 g/mol. The summed E-state index contributed by atoms with van der Waals surface area (Å²) in [6.07, 6.45) is 4.56. The van der Waals surface area contributed by atoms with Gasteiger partial charge >= 0.3 is 0 Å². The van der Waals surface area contributed by atoms with Crippen molar-refractivity contribution in [3.05, 3.63) is 48.3 Å². The largest absolute Gasteiger partial charge is 0.368 e. The van der Waals surface area contributed by atoms with Crippen molar-refractivity contribution in [3.63, 3.8) is 0 Å². The second kappa shape index (κ2) is 5.80. The number of aromatic nitrogens is 2. The summed E-state index contributed by atoms with van der Waals surface area (Å²) in [4.78, 5) is 13.0. The van der Waals surface area contributed by atoms with Gasteiger partial charge < -0.3 is 9.80 Å². The maximum absolute atomic E-state index is 9.22. The maximum Gasteiger partial charge on any atom is 0.225 e. The van der Waals surface area contributed by atoms with E-state index in [2.05, 4.69) is 25.8 Å². The Bertz CT molecular complexity index is 649. The molecule has 5 heteroatoms. The van der Waals surface area contributed by atoms with Gasteiger partial charge in [0.2, 0.25) is 5.95 Å². The van der Waals surface area contributed by atoms with E-state index in [1.807, 2.05) is 37.4 Å². The Morgan fingerprint density at radius 1 is 1.24 bits per heavy atom. The van der Waals surface area contributed by atoms with E-state index in [-0.39, 0.29) is 0 Å². The molecular weight excluding hydrogens is 262 g/mol. The van der Waals surface area contributed by atoms with Gasteiger partial charge in [0.1, 0.15) is 6.07 Å². The van der Waals surface area contributed by atoms with Gasteiger partial charge in [0, 0.05) is 32.5 Å². The Balaban J connectivity index is 1.75. The number of rotatable bonds is 3. The van der Waals surface area contributed by atoms with Crippen LogP contribution in [0.25, 0.3) is 0 Å². The van der Waals surface area contributed by atoms with Crippen molar-refractivity contribution >= 4 is 11.6 Å². The zero-order valence-electron chi connectivity index (χ0n) is 12.0. The molecule has 1 unspecified atom stereocenters. The van der Waals surface area contributed by atoms with Crippen LogP contribution in [-0.2, 0) is 0 Å². The first-order chi connectivity index (χ1) is 10.3. The summed E-state index contributed by atoms with van der Waals surface area (Å²) in [5.41, 5.74) is 1.75. The van der Waals surface area contributed by atoms with Crippen LogP contribution in [-0.4, -0.2) is 36.1 Å². The van der Waals surface area contributed by atoms with E-state index in [0.29, 0.717) is 6.04 Å². The standard InChI is InChI=1S/C16H17N5/c1-20(16-18-8-4-9-19-16)14-7-10-21(12-14)15-6-3-2-5-13(15)11-17/h2-6,8-9,14H,7,10,12H2,1H3. The van der Waals surface area contributed by atoms with Gasteiger partial charge in [0.15, 0.2) is 0 Å². The second-order valence-electron chi connectivity index (χ2n) is 5.18. The van der Waals surface area contributed by atoms with Crippen LogP contribution >= 0.6 is 0 Å². The third kappa shape index (κ3) is 2.65. The molecule has 1 saturated heterocycles. The van der Waals surface area contributed by atoms with Crippen molar-refractivity contribution in [2.75, 3.05) is 29.9 Å². The third-order valence-corrected chi connectivity index (χ3v) is 3.94. The van der Waals surface area contributed by atoms with Crippen molar-refractivity contribution in [1.82, 2.24) is 9.97 Å². The molecule has 0 radical (unpaired) electrons. The van der Waals surface area contributed by atoms with Crippen LogP contribution in [0.3, 0.4) is 0 Å². The van der Waals surface area contributed by atoms with Crippen molar-refractivity contribution < 1.29 is 0 Å². The highest BCUT2D eigenvalue weighted by Crippen LogP contribution is 2.26. The molecule has 0 saturated carbocycles. The van der Waals surface area contributed by atoms with Crippen LogP contribution in [0.5, 0.6) is 0 Å². The summed E-state index contributed by atoms with van der Waals surface area (Å²) in [6.45, 7) is 1.83. The Morgan fingerprint density at radius 3 is 2.76 bits per heavy atom. The summed E-state index contributed by atoms with van der Waals surface area (Å²) in [6, 6.07) is 12.2. The molecule has 21 heavy (non-hydrogen) atoms. The van der Waals surface area contributed by atoms with Crippen LogP contribution in [0.2, 0.25) is 0 Å². The first kappa shape index (κ1) is 13.4. The van der Waals surface area contributed by atoms with E-state index >= 15 is 0 Å². The second-order valence-corrected chi connectivity index (χ2v) is 5.18. The summed E-state index contributed by atoms with van der Waals surface area (Å²) < 4.78 is 0. The Labute approximate surface area is 124 Å². The fourth-order valence-electron chi connectivity index (χ4n) is 2.76. The van der Waals surface area contributed by atoms with Crippen LogP contribution in [0, 0.1) is 11.3 Å². The van der Waals surface area contributed by atoms with Gasteiger partial charge in [-0.25, -0.2) is 9.97 Å². The molecular formula is C16H17N5. The number of para-hydroxylation sites is 1. The summed E-state index contributed by atoms with van der Waals surface area (Å²) in [7, 11) is 2.03. The van der Waals surface area contributed by atoms with Gasteiger partial charge in [-0.3, -0.25) is 0 Å². The number of anilines is 2. The topological polar surface area (TPSA) is 56.1 Å². The first-order valence-corrected chi connectivity index (χ1v) is 7.03. The zero-order chi connectivity index (χ0) is 14.7. The van der Waals surface area contributed by atoms with E-state index < -0.39 is 0 Å². The molecule has 1 fully saturated rings. The normalized spacial score (nSPS) is 17.5. The highest BCUT2D eigenvalue weighted by molar-refractivity contribution is 5.60. The lowest BCUT2D eigenvalue weighted by atomic mass is 10.2. The molecule has 2 heterocycles. The van der Waals surface area contributed by atoms with Gasteiger partial charge in [-0.15, -0.1) is 0 Å². The number of likely N-dealkylation sites (N-methyl/N-ethyl adjacent to an activating group) is 1. The molecule has 0 bridgehead atoms. The molecule has 0 spiro atoms. The lowest BCUT2D eigenvalue weighted by molar-refractivity contribution is 0.674. The molecule has 1 atom stereocenters. The van der Waals surface area contributed by atoms with Crippen LogP contribution < -0.4 is 9.80 Å². The van der Waals surface area contributed by atoms with Crippen LogP contribution in [0.4, 0.5) is 11.6 Å². The molecule has 0 amide bonds. The van der Waals surface area contributed by atoms with E-state index in [0.717, 1.165) is 36.7 Å². The molecule has 1 aromatic carbocycles. The quantitative estimate of drug-likeness (QED) is 0.861. The fraction of sp³-hybridized carbons (Fsp3) is 0.312. The average Bonchev–Trinajstić information content (AvgIpc) is 3.04. The van der Waals surface area contributed by atoms with Crippen molar-refractivity contribution in [3.8, 4) is 6.07 Å². The molecule has 1 aromatic heterocycles. The highest BCUT2D eigenvalue weighted by Gasteiger charge is 2.28. The minimum atomic E-state index is 0.360. The van der Waals surface area contributed by atoms with E-state index in [9.17, 15) is 5.26 Å². The molecule has 0 aliphatic carbocycles. The van der Waals surface area contributed by atoms with Crippen LogP contribution in [0.15, 0.2) is 42.7 Å². The van der Waals surface area contributed by atoms with Gasteiger partial charge in [-0.1, -0.05) is 12.1 Å². The summed E-state index contributed by atoms with van der Waals surface area (Å²) >= 11 is 0. The smallest absolute Gasteiger partial charge is 0.225 e. The van der Waals surface area contributed by atoms with E-state index in [1.54, 1.807) is 12.4 Å². The maximum atomic E-state index is 9.22. The third-order valence-electron chi connectivity index (χ3n) is 3.94. The summed E-state index contributed by atoms with van der Waals surface area (Å²) in [5.74, 6) is 0.748. The lowest BCUT2D eigenvalue weighted by Crippen LogP contribution is -2.35. The SMILES string of the molecule is CN(c1ncccn1)C1CCN(c2ccccc2C#N)C1. The average molecular weight is 279 g/mol. The minimum absolute atomic E-state index is 0.360. The molecule has 1 aliphatic rings. The predicted octanol–water partition coefficient (Wildman–Crippen LogP) is 2.06. The number of nitriles is 1. The van der Waals surface area contributed by atoms with Gasteiger partial charge in [0.25, 0.3) is 0 Å². The molecule has 1 aliphatic heterocycles. The highest BCUT2D eigenvalue weighted by atomic mass is 15.3. The van der Waals surface area contributed by atoms with Gasteiger partial charge in [0.05, 0.1) is 17.3 Å². The Hall–Kier alpha value is -2.61. The number of nitrogens with zero attached hydrogens (tertiary/aromatic N) is 5. The molecule has 0 N–H and O–H groups in total. The first-order valence-electron chi connectivity index (χ1n) is 7.03. The number of hydrogen-bond acceptors (Lipinski definition) is 5. The lowest BCUT2D eigenvalue weighted by Gasteiger charge is -2.25. The molecule has 2 aromatic rings.